The number of para-hydroxylation sites is 2. The molecule has 3 aromatic rings. The van der Waals surface area contributed by atoms with E-state index in [2.05, 4.69) is 10.3 Å². The Morgan fingerprint density at radius 1 is 1.15 bits per heavy atom. The Bertz CT molecular complexity index is 919. The van der Waals surface area contributed by atoms with E-state index >= 15 is 0 Å². The standard InChI is InChI=1S/C21H22N2O3S/c1-4-25-18-7-5-6-8-19(18)26-20-10-9-16(12-22-20)13-23-21(24)17-11-14(2)27-15(17)3/h5-12H,4,13H2,1-3H3,(H,23,24). The molecule has 0 aliphatic rings. The fourth-order valence-electron chi connectivity index (χ4n) is 2.63. The molecule has 3 rings (SSSR count). The monoisotopic (exact) mass is 382 g/mol. The van der Waals surface area contributed by atoms with Gasteiger partial charge in [0.15, 0.2) is 11.5 Å². The first-order valence-electron chi connectivity index (χ1n) is 8.76. The summed E-state index contributed by atoms with van der Waals surface area (Å²) >= 11 is 1.63. The van der Waals surface area contributed by atoms with E-state index in [0.717, 1.165) is 20.9 Å². The molecule has 2 heterocycles. The van der Waals surface area contributed by atoms with Crippen LogP contribution in [-0.2, 0) is 6.54 Å². The molecule has 0 radical (unpaired) electrons. The van der Waals surface area contributed by atoms with Gasteiger partial charge in [-0.15, -0.1) is 11.3 Å². The van der Waals surface area contributed by atoms with Crippen molar-refractivity contribution in [2.45, 2.75) is 27.3 Å². The molecular formula is C21H22N2O3S. The molecule has 0 aliphatic carbocycles. The van der Waals surface area contributed by atoms with Crippen LogP contribution in [0.4, 0.5) is 0 Å². The molecule has 0 saturated carbocycles. The highest BCUT2D eigenvalue weighted by molar-refractivity contribution is 7.12. The molecule has 1 amide bonds. The van der Waals surface area contributed by atoms with Crippen molar-refractivity contribution in [3.8, 4) is 17.4 Å². The number of nitrogens with one attached hydrogen (secondary N) is 1. The molecule has 0 spiro atoms. The third kappa shape index (κ3) is 4.86. The first kappa shape index (κ1) is 18.9. The topological polar surface area (TPSA) is 60.5 Å². The largest absolute Gasteiger partial charge is 0.490 e. The fraction of sp³-hybridized carbons (Fsp3) is 0.238. The van der Waals surface area contributed by atoms with Gasteiger partial charge in [-0.3, -0.25) is 4.79 Å². The van der Waals surface area contributed by atoms with Crippen molar-refractivity contribution < 1.29 is 14.3 Å². The summed E-state index contributed by atoms with van der Waals surface area (Å²) in [6.45, 7) is 6.86. The molecule has 1 aromatic carbocycles. The molecule has 0 saturated heterocycles. The Morgan fingerprint density at radius 3 is 2.56 bits per heavy atom. The van der Waals surface area contributed by atoms with Crippen molar-refractivity contribution in [1.29, 1.82) is 0 Å². The van der Waals surface area contributed by atoms with Gasteiger partial charge in [0, 0.05) is 28.6 Å². The van der Waals surface area contributed by atoms with Gasteiger partial charge < -0.3 is 14.8 Å². The van der Waals surface area contributed by atoms with E-state index in [0.29, 0.717) is 30.5 Å². The van der Waals surface area contributed by atoms with Crippen molar-refractivity contribution in [2.75, 3.05) is 6.61 Å². The third-order valence-electron chi connectivity index (χ3n) is 3.90. The predicted molar refractivity (Wildman–Crippen MR) is 107 cm³/mol. The number of hydrogen-bond acceptors (Lipinski definition) is 5. The van der Waals surface area contributed by atoms with Crippen LogP contribution in [0, 0.1) is 13.8 Å². The summed E-state index contributed by atoms with van der Waals surface area (Å²) in [6, 6.07) is 13.1. The summed E-state index contributed by atoms with van der Waals surface area (Å²) in [5.74, 6) is 1.71. The fourth-order valence-corrected chi connectivity index (χ4v) is 3.55. The van der Waals surface area contributed by atoms with Crippen LogP contribution in [0.1, 0.15) is 32.6 Å². The second kappa shape index (κ2) is 8.68. The number of aromatic nitrogens is 1. The number of hydrogen-bond donors (Lipinski definition) is 1. The first-order chi connectivity index (χ1) is 13.1. The maximum atomic E-state index is 12.3. The Balaban J connectivity index is 1.61. The van der Waals surface area contributed by atoms with E-state index in [-0.39, 0.29) is 5.91 Å². The molecule has 6 heteroatoms. The van der Waals surface area contributed by atoms with Crippen LogP contribution in [0.3, 0.4) is 0 Å². The second-order valence-corrected chi connectivity index (χ2v) is 7.46. The Morgan fingerprint density at radius 2 is 1.93 bits per heavy atom. The molecule has 140 valence electrons. The van der Waals surface area contributed by atoms with Gasteiger partial charge in [-0.1, -0.05) is 18.2 Å². The number of carbonyl (C=O) groups is 1. The number of nitrogens with zero attached hydrogens (tertiary/aromatic N) is 1. The summed E-state index contributed by atoms with van der Waals surface area (Å²) in [5.41, 5.74) is 1.64. The number of rotatable bonds is 7. The average Bonchev–Trinajstić information content (AvgIpc) is 3.01. The quantitative estimate of drug-likeness (QED) is 0.633. The SMILES string of the molecule is CCOc1ccccc1Oc1ccc(CNC(=O)c2cc(C)sc2C)cn1. The van der Waals surface area contributed by atoms with Gasteiger partial charge in [-0.05, 0) is 44.5 Å². The van der Waals surface area contributed by atoms with Gasteiger partial charge in [0.25, 0.3) is 5.91 Å². The predicted octanol–water partition coefficient (Wildman–Crippen LogP) is 4.88. The lowest BCUT2D eigenvalue weighted by Gasteiger charge is -2.11. The van der Waals surface area contributed by atoms with Gasteiger partial charge in [0.1, 0.15) is 0 Å². The van der Waals surface area contributed by atoms with E-state index in [4.69, 9.17) is 9.47 Å². The zero-order valence-corrected chi connectivity index (χ0v) is 16.4. The molecule has 27 heavy (non-hydrogen) atoms. The summed E-state index contributed by atoms with van der Waals surface area (Å²) in [6.07, 6.45) is 1.70. The normalized spacial score (nSPS) is 10.5. The number of amides is 1. The van der Waals surface area contributed by atoms with Crippen LogP contribution in [0.5, 0.6) is 17.4 Å². The lowest BCUT2D eigenvalue weighted by Crippen LogP contribution is -2.22. The van der Waals surface area contributed by atoms with Crippen LogP contribution in [-0.4, -0.2) is 17.5 Å². The molecule has 1 N–H and O–H groups in total. The molecule has 0 unspecified atom stereocenters. The molecular weight excluding hydrogens is 360 g/mol. The Hall–Kier alpha value is -2.86. The van der Waals surface area contributed by atoms with E-state index < -0.39 is 0 Å². The average molecular weight is 382 g/mol. The number of thiophene rings is 1. The zero-order chi connectivity index (χ0) is 19.2. The summed E-state index contributed by atoms with van der Waals surface area (Å²) in [7, 11) is 0. The van der Waals surface area contributed by atoms with Crippen molar-refractivity contribution in [3.63, 3.8) is 0 Å². The summed E-state index contributed by atoms with van der Waals surface area (Å²) in [4.78, 5) is 18.8. The van der Waals surface area contributed by atoms with Crippen molar-refractivity contribution in [3.05, 3.63) is 69.5 Å². The lowest BCUT2D eigenvalue weighted by atomic mass is 10.2. The molecule has 0 bridgehead atoms. The highest BCUT2D eigenvalue weighted by Crippen LogP contribution is 2.30. The number of pyridine rings is 1. The van der Waals surface area contributed by atoms with Gasteiger partial charge in [0.2, 0.25) is 5.88 Å². The Kier molecular flexibility index (Phi) is 6.08. The maximum Gasteiger partial charge on any atom is 0.252 e. The van der Waals surface area contributed by atoms with E-state index in [1.807, 2.05) is 57.2 Å². The number of carbonyl (C=O) groups excluding carboxylic acids is 1. The van der Waals surface area contributed by atoms with E-state index in [1.165, 1.54) is 0 Å². The second-order valence-electron chi connectivity index (χ2n) is 6.00. The number of benzene rings is 1. The molecule has 0 aliphatic heterocycles. The highest BCUT2D eigenvalue weighted by Gasteiger charge is 2.12. The molecule has 0 atom stereocenters. The minimum absolute atomic E-state index is 0.0668. The minimum Gasteiger partial charge on any atom is -0.490 e. The van der Waals surface area contributed by atoms with Gasteiger partial charge in [-0.2, -0.15) is 0 Å². The Labute approximate surface area is 163 Å². The molecule has 2 aromatic heterocycles. The number of aryl methyl sites for hydroxylation is 2. The van der Waals surface area contributed by atoms with Gasteiger partial charge in [-0.25, -0.2) is 4.98 Å². The summed E-state index contributed by atoms with van der Waals surface area (Å²) < 4.78 is 11.4. The highest BCUT2D eigenvalue weighted by atomic mass is 32.1. The van der Waals surface area contributed by atoms with Crippen LogP contribution >= 0.6 is 11.3 Å². The van der Waals surface area contributed by atoms with Crippen molar-refractivity contribution in [1.82, 2.24) is 10.3 Å². The molecule has 5 nitrogen and oxygen atoms in total. The summed E-state index contributed by atoms with van der Waals surface area (Å²) in [5, 5.41) is 2.93. The van der Waals surface area contributed by atoms with Crippen LogP contribution in [0.15, 0.2) is 48.7 Å². The van der Waals surface area contributed by atoms with Crippen LogP contribution < -0.4 is 14.8 Å². The van der Waals surface area contributed by atoms with Gasteiger partial charge >= 0.3 is 0 Å². The van der Waals surface area contributed by atoms with Crippen molar-refractivity contribution >= 4 is 17.2 Å². The smallest absolute Gasteiger partial charge is 0.252 e. The van der Waals surface area contributed by atoms with Crippen LogP contribution in [0.25, 0.3) is 0 Å². The minimum atomic E-state index is -0.0668. The van der Waals surface area contributed by atoms with E-state index in [9.17, 15) is 4.79 Å². The molecule has 0 fully saturated rings. The third-order valence-corrected chi connectivity index (χ3v) is 4.87. The van der Waals surface area contributed by atoms with Crippen molar-refractivity contribution in [2.24, 2.45) is 0 Å². The van der Waals surface area contributed by atoms with Crippen LogP contribution in [0.2, 0.25) is 0 Å². The lowest BCUT2D eigenvalue weighted by molar-refractivity contribution is 0.0950. The maximum absolute atomic E-state index is 12.3. The zero-order valence-electron chi connectivity index (χ0n) is 15.6. The van der Waals surface area contributed by atoms with Gasteiger partial charge in [0.05, 0.1) is 12.2 Å². The first-order valence-corrected chi connectivity index (χ1v) is 9.58. The number of ether oxygens (including phenoxy) is 2. The van der Waals surface area contributed by atoms with E-state index in [1.54, 1.807) is 23.6 Å².